The van der Waals surface area contributed by atoms with Gasteiger partial charge in [-0.3, -0.25) is 4.98 Å². The summed E-state index contributed by atoms with van der Waals surface area (Å²) < 4.78 is 1.77. The molecule has 0 spiro atoms. The second kappa shape index (κ2) is 4.23. The monoisotopic (exact) mass is 202 g/mol. The zero-order valence-electron chi connectivity index (χ0n) is 8.67. The van der Waals surface area contributed by atoms with Gasteiger partial charge >= 0.3 is 0 Å². The van der Waals surface area contributed by atoms with Crippen molar-refractivity contribution in [2.45, 2.75) is 19.4 Å². The first kappa shape index (κ1) is 9.86. The van der Waals surface area contributed by atoms with Crippen LogP contribution >= 0.6 is 0 Å². The van der Waals surface area contributed by atoms with Gasteiger partial charge < -0.3 is 5.73 Å². The Morgan fingerprint density at radius 1 is 1.47 bits per heavy atom. The molecule has 0 amide bonds. The van der Waals surface area contributed by atoms with E-state index in [-0.39, 0.29) is 6.04 Å². The summed E-state index contributed by atoms with van der Waals surface area (Å²) in [5.74, 6) is 0. The minimum Gasteiger partial charge on any atom is -0.323 e. The summed E-state index contributed by atoms with van der Waals surface area (Å²) >= 11 is 0. The summed E-state index contributed by atoms with van der Waals surface area (Å²) in [5, 5.41) is 4.13. The molecule has 15 heavy (non-hydrogen) atoms. The number of nitrogens with zero attached hydrogens (tertiary/aromatic N) is 3. The number of hydrogen-bond donors (Lipinski definition) is 1. The van der Waals surface area contributed by atoms with Crippen molar-refractivity contribution >= 4 is 0 Å². The summed E-state index contributed by atoms with van der Waals surface area (Å²) in [6.45, 7) is 2.05. The molecule has 0 saturated carbocycles. The molecule has 0 fully saturated rings. The molecule has 2 N–H and O–H groups in total. The Morgan fingerprint density at radius 3 is 2.87 bits per heavy atom. The molecule has 0 saturated heterocycles. The fourth-order valence-corrected chi connectivity index (χ4v) is 1.38. The topological polar surface area (TPSA) is 56.7 Å². The first-order valence-corrected chi connectivity index (χ1v) is 5.03. The number of pyridine rings is 1. The van der Waals surface area contributed by atoms with Crippen LogP contribution in [0.5, 0.6) is 0 Å². The predicted octanol–water partition coefficient (Wildman–Crippen LogP) is 1.68. The highest BCUT2D eigenvalue weighted by molar-refractivity contribution is 5.29. The molecule has 0 aliphatic rings. The van der Waals surface area contributed by atoms with Crippen molar-refractivity contribution in [1.29, 1.82) is 0 Å². The van der Waals surface area contributed by atoms with Crippen molar-refractivity contribution < 1.29 is 0 Å². The Kier molecular flexibility index (Phi) is 2.78. The van der Waals surface area contributed by atoms with Gasteiger partial charge in [0.2, 0.25) is 0 Å². The quantitative estimate of drug-likeness (QED) is 0.823. The first-order chi connectivity index (χ1) is 7.31. The Labute approximate surface area is 88.8 Å². The molecule has 0 aliphatic heterocycles. The molecule has 4 nitrogen and oxygen atoms in total. The molecule has 2 aromatic heterocycles. The minimum absolute atomic E-state index is 0.0247. The molecule has 78 valence electrons. The highest BCUT2D eigenvalue weighted by Crippen LogP contribution is 2.12. The fourth-order valence-electron chi connectivity index (χ4n) is 1.38. The Bertz CT molecular complexity index is 405. The van der Waals surface area contributed by atoms with Crippen molar-refractivity contribution in [3.8, 4) is 5.69 Å². The molecule has 2 aromatic rings. The van der Waals surface area contributed by atoms with E-state index in [0.29, 0.717) is 0 Å². The van der Waals surface area contributed by atoms with Crippen LogP contribution in [0.4, 0.5) is 0 Å². The molecule has 2 heterocycles. The summed E-state index contributed by atoms with van der Waals surface area (Å²) in [4.78, 5) is 4.32. The van der Waals surface area contributed by atoms with Crippen LogP contribution < -0.4 is 5.73 Å². The summed E-state index contributed by atoms with van der Waals surface area (Å²) in [7, 11) is 0. The Balaban J connectivity index is 2.25. The van der Waals surface area contributed by atoms with Crippen LogP contribution in [-0.2, 0) is 0 Å². The molecule has 1 atom stereocenters. The lowest BCUT2D eigenvalue weighted by Crippen LogP contribution is -2.10. The van der Waals surface area contributed by atoms with Crippen LogP contribution in [-0.4, -0.2) is 14.8 Å². The van der Waals surface area contributed by atoms with Gasteiger partial charge in [-0.15, -0.1) is 0 Å². The number of rotatable bonds is 3. The third-order valence-corrected chi connectivity index (χ3v) is 2.36. The molecule has 0 radical (unpaired) electrons. The minimum atomic E-state index is 0.0247. The van der Waals surface area contributed by atoms with E-state index >= 15 is 0 Å². The van der Waals surface area contributed by atoms with Gasteiger partial charge in [0.15, 0.2) is 0 Å². The lowest BCUT2D eigenvalue weighted by atomic mass is 10.1. The Hall–Kier alpha value is -1.68. The average molecular weight is 202 g/mol. The Morgan fingerprint density at radius 2 is 2.33 bits per heavy atom. The second-order valence-corrected chi connectivity index (χ2v) is 3.41. The van der Waals surface area contributed by atoms with Gasteiger partial charge in [0.1, 0.15) is 0 Å². The third kappa shape index (κ3) is 2.05. The van der Waals surface area contributed by atoms with E-state index in [0.717, 1.165) is 17.8 Å². The first-order valence-electron chi connectivity index (χ1n) is 5.03. The zero-order valence-corrected chi connectivity index (χ0v) is 8.67. The van der Waals surface area contributed by atoms with Gasteiger partial charge in [-0.2, -0.15) is 5.10 Å². The molecule has 0 bridgehead atoms. The largest absolute Gasteiger partial charge is 0.323 e. The second-order valence-electron chi connectivity index (χ2n) is 3.41. The van der Waals surface area contributed by atoms with Gasteiger partial charge in [0.25, 0.3) is 0 Å². The van der Waals surface area contributed by atoms with Gasteiger partial charge in [0, 0.05) is 18.4 Å². The molecule has 0 aliphatic carbocycles. The van der Waals surface area contributed by atoms with Crippen molar-refractivity contribution in [3.63, 3.8) is 0 Å². The van der Waals surface area contributed by atoms with E-state index in [1.807, 2.05) is 31.3 Å². The van der Waals surface area contributed by atoms with E-state index in [1.54, 1.807) is 17.1 Å². The van der Waals surface area contributed by atoms with Crippen molar-refractivity contribution in [2.75, 3.05) is 0 Å². The highest BCUT2D eigenvalue weighted by Gasteiger charge is 2.04. The third-order valence-electron chi connectivity index (χ3n) is 2.36. The molecule has 0 unspecified atom stereocenters. The van der Waals surface area contributed by atoms with Gasteiger partial charge in [-0.25, -0.2) is 4.68 Å². The molecule has 2 rings (SSSR count). The van der Waals surface area contributed by atoms with Crippen LogP contribution in [0.3, 0.4) is 0 Å². The lowest BCUT2D eigenvalue weighted by Gasteiger charge is -2.08. The molecular formula is C11H14N4. The van der Waals surface area contributed by atoms with Crippen LogP contribution in [0.15, 0.2) is 36.8 Å². The maximum atomic E-state index is 5.88. The molecule has 4 heteroatoms. The van der Waals surface area contributed by atoms with E-state index in [2.05, 4.69) is 10.1 Å². The normalized spacial score (nSPS) is 12.7. The van der Waals surface area contributed by atoms with Crippen LogP contribution in [0.1, 0.15) is 25.1 Å². The zero-order chi connectivity index (χ0) is 10.7. The van der Waals surface area contributed by atoms with E-state index in [4.69, 9.17) is 5.73 Å². The summed E-state index contributed by atoms with van der Waals surface area (Å²) in [5.41, 5.74) is 7.75. The van der Waals surface area contributed by atoms with E-state index in [1.165, 1.54) is 0 Å². The average Bonchev–Trinajstić information content (AvgIpc) is 2.82. The van der Waals surface area contributed by atoms with Crippen molar-refractivity contribution in [3.05, 3.63) is 42.5 Å². The van der Waals surface area contributed by atoms with Gasteiger partial charge in [-0.05, 0) is 24.6 Å². The van der Waals surface area contributed by atoms with Crippen LogP contribution in [0, 0.1) is 0 Å². The number of aromatic nitrogens is 3. The fraction of sp³-hybridized carbons (Fsp3) is 0.273. The summed E-state index contributed by atoms with van der Waals surface area (Å²) in [6, 6.07) is 5.83. The van der Waals surface area contributed by atoms with Crippen LogP contribution in [0.25, 0.3) is 5.69 Å². The van der Waals surface area contributed by atoms with E-state index < -0.39 is 0 Å². The molecule has 0 aromatic carbocycles. The van der Waals surface area contributed by atoms with E-state index in [9.17, 15) is 0 Å². The SMILES string of the molecule is CC[C@H](N)c1ccc(-n2cccn2)cn1. The smallest absolute Gasteiger partial charge is 0.0828 e. The number of nitrogens with two attached hydrogens (primary N) is 1. The standard InChI is InChI=1S/C11H14N4/c1-2-10(12)11-5-4-9(8-13-11)15-7-3-6-14-15/h3-8,10H,2,12H2,1H3/t10-/m0/s1. The van der Waals surface area contributed by atoms with Crippen LogP contribution in [0.2, 0.25) is 0 Å². The molecular weight excluding hydrogens is 188 g/mol. The van der Waals surface area contributed by atoms with Crippen molar-refractivity contribution in [2.24, 2.45) is 5.73 Å². The van der Waals surface area contributed by atoms with Crippen molar-refractivity contribution in [1.82, 2.24) is 14.8 Å². The predicted molar refractivity (Wildman–Crippen MR) is 58.6 cm³/mol. The highest BCUT2D eigenvalue weighted by atomic mass is 15.3. The summed E-state index contributed by atoms with van der Waals surface area (Å²) in [6.07, 6.45) is 6.31. The van der Waals surface area contributed by atoms with Gasteiger partial charge in [0.05, 0.1) is 17.6 Å². The number of hydrogen-bond acceptors (Lipinski definition) is 3. The maximum absolute atomic E-state index is 5.88. The lowest BCUT2D eigenvalue weighted by molar-refractivity contribution is 0.674. The van der Waals surface area contributed by atoms with Gasteiger partial charge in [-0.1, -0.05) is 6.92 Å². The maximum Gasteiger partial charge on any atom is 0.0828 e.